The fourth-order valence-electron chi connectivity index (χ4n) is 2.16. The zero-order valence-corrected chi connectivity index (χ0v) is 8.40. The van der Waals surface area contributed by atoms with Crippen molar-refractivity contribution in [3.63, 3.8) is 0 Å². The minimum atomic E-state index is -4.14. The molecule has 1 saturated carbocycles. The highest BCUT2D eigenvalue weighted by Gasteiger charge is 2.39. The summed E-state index contributed by atoms with van der Waals surface area (Å²) in [7, 11) is 0. The van der Waals surface area contributed by atoms with Gasteiger partial charge in [0.15, 0.2) is 0 Å². The zero-order valence-electron chi connectivity index (χ0n) is 8.40. The van der Waals surface area contributed by atoms with Crippen molar-refractivity contribution in [2.45, 2.75) is 57.2 Å². The van der Waals surface area contributed by atoms with Crippen molar-refractivity contribution >= 4 is 0 Å². The van der Waals surface area contributed by atoms with Crippen LogP contribution in [0, 0.1) is 5.92 Å². The molecule has 0 saturated heterocycles. The minimum absolute atomic E-state index is 0.132. The Labute approximate surface area is 82.3 Å². The van der Waals surface area contributed by atoms with Gasteiger partial charge in [-0.25, -0.2) is 0 Å². The monoisotopic (exact) mass is 210 g/mol. The molecule has 0 aromatic heterocycles. The molecule has 84 valence electrons. The number of aliphatic hydroxyl groups is 1. The second kappa shape index (κ2) is 4.09. The van der Waals surface area contributed by atoms with Gasteiger partial charge in [-0.15, -0.1) is 0 Å². The Kier molecular flexibility index (Phi) is 3.45. The van der Waals surface area contributed by atoms with Crippen molar-refractivity contribution in [1.82, 2.24) is 0 Å². The van der Waals surface area contributed by atoms with Crippen molar-refractivity contribution in [3.05, 3.63) is 0 Å². The van der Waals surface area contributed by atoms with Crippen molar-refractivity contribution in [1.29, 1.82) is 0 Å². The minimum Gasteiger partial charge on any atom is -0.390 e. The van der Waals surface area contributed by atoms with Crippen molar-refractivity contribution < 1.29 is 18.3 Å². The fourth-order valence-corrected chi connectivity index (χ4v) is 2.16. The second-order valence-corrected chi connectivity index (χ2v) is 4.36. The third-order valence-corrected chi connectivity index (χ3v) is 3.14. The molecule has 1 N–H and O–H groups in total. The predicted molar refractivity (Wildman–Crippen MR) is 47.9 cm³/mol. The largest absolute Gasteiger partial charge is 0.390 e. The van der Waals surface area contributed by atoms with E-state index in [0.717, 1.165) is 12.8 Å². The molecule has 1 rings (SSSR count). The van der Waals surface area contributed by atoms with Crippen LogP contribution in [0.1, 0.15) is 45.4 Å². The number of hydrogen-bond acceptors (Lipinski definition) is 1. The first-order valence-electron chi connectivity index (χ1n) is 5.14. The third kappa shape index (κ3) is 3.48. The Morgan fingerprint density at radius 3 is 2.50 bits per heavy atom. The average molecular weight is 210 g/mol. The first-order chi connectivity index (χ1) is 6.35. The summed E-state index contributed by atoms with van der Waals surface area (Å²) in [6.07, 6.45) is -2.24. The first-order valence-corrected chi connectivity index (χ1v) is 5.14. The lowest BCUT2D eigenvalue weighted by Crippen LogP contribution is -2.27. The number of halogens is 3. The van der Waals surface area contributed by atoms with Gasteiger partial charge in [0.1, 0.15) is 0 Å². The second-order valence-electron chi connectivity index (χ2n) is 4.36. The molecule has 1 nitrogen and oxygen atoms in total. The van der Waals surface area contributed by atoms with Crippen LogP contribution in [0.4, 0.5) is 13.2 Å². The molecule has 4 heteroatoms. The van der Waals surface area contributed by atoms with E-state index in [4.69, 9.17) is 0 Å². The molecule has 1 aliphatic carbocycles. The van der Waals surface area contributed by atoms with Gasteiger partial charge in [0.25, 0.3) is 0 Å². The van der Waals surface area contributed by atoms with Gasteiger partial charge in [-0.3, -0.25) is 0 Å². The van der Waals surface area contributed by atoms with E-state index < -0.39 is 18.2 Å². The van der Waals surface area contributed by atoms with Crippen molar-refractivity contribution in [2.24, 2.45) is 5.92 Å². The van der Waals surface area contributed by atoms with Gasteiger partial charge in [0, 0.05) is 6.42 Å². The molecular formula is C10H17F3O. The molecule has 0 amide bonds. The standard InChI is InChI=1S/C10H17F3O/c1-2-8-3-4-9(14,7-8)5-6-10(11,12)13/h8,14H,2-7H2,1H3. The lowest BCUT2D eigenvalue weighted by atomic mass is 9.94. The summed E-state index contributed by atoms with van der Waals surface area (Å²) < 4.78 is 35.8. The third-order valence-electron chi connectivity index (χ3n) is 3.14. The highest BCUT2D eigenvalue weighted by molar-refractivity contribution is 4.89. The van der Waals surface area contributed by atoms with Gasteiger partial charge < -0.3 is 5.11 Å². The molecule has 0 radical (unpaired) electrons. The van der Waals surface area contributed by atoms with Crippen LogP contribution in [0.25, 0.3) is 0 Å². The molecular weight excluding hydrogens is 193 g/mol. The lowest BCUT2D eigenvalue weighted by Gasteiger charge is -2.23. The maximum absolute atomic E-state index is 11.9. The van der Waals surface area contributed by atoms with Crippen LogP contribution in [0.2, 0.25) is 0 Å². The Morgan fingerprint density at radius 2 is 2.07 bits per heavy atom. The first kappa shape index (κ1) is 11.8. The molecule has 0 heterocycles. The topological polar surface area (TPSA) is 20.2 Å². The number of alkyl halides is 3. The molecule has 2 unspecified atom stereocenters. The van der Waals surface area contributed by atoms with E-state index in [1.165, 1.54) is 0 Å². The van der Waals surface area contributed by atoms with Gasteiger partial charge in [0.2, 0.25) is 0 Å². The van der Waals surface area contributed by atoms with Crippen LogP contribution in [0.15, 0.2) is 0 Å². The van der Waals surface area contributed by atoms with Crippen LogP contribution in [-0.2, 0) is 0 Å². The number of hydrogen-bond donors (Lipinski definition) is 1. The highest BCUT2D eigenvalue weighted by Crippen LogP contribution is 2.40. The Balaban J connectivity index is 2.37. The Hall–Kier alpha value is -0.250. The smallest absolute Gasteiger partial charge is 0.389 e. The zero-order chi connectivity index (χ0) is 10.8. The number of rotatable bonds is 3. The van der Waals surface area contributed by atoms with Crippen molar-refractivity contribution in [2.75, 3.05) is 0 Å². The Bertz CT molecular complexity index is 190. The maximum Gasteiger partial charge on any atom is 0.389 e. The van der Waals surface area contributed by atoms with E-state index in [1.54, 1.807) is 0 Å². The normalized spacial score (nSPS) is 33.6. The van der Waals surface area contributed by atoms with Gasteiger partial charge in [-0.2, -0.15) is 13.2 Å². The predicted octanol–water partition coefficient (Wildman–Crippen LogP) is 3.27. The average Bonchev–Trinajstić information content (AvgIpc) is 2.44. The Morgan fingerprint density at radius 1 is 1.43 bits per heavy atom. The van der Waals surface area contributed by atoms with E-state index in [9.17, 15) is 18.3 Å². The van der Waals surface area contributed by atoms with E-state index in [-0.39, 0.29) is 6.42 Å². The lowest BCUT2D eigenvalue weighted by molar-refractivity contribution is -0.146. The summed E-state index contributed by atoms with van der Waals surface area (Å²) in [5.74, 6) is 0.410. The highest BCUT2D eigenvalue weighted by atomic mass is 19.4. The van der Waals surface area contributed by atoms with Crippen LogP contribution in [-0.4, -0.2) is 16.9 Å². The molecule has 0 bridgehead atoms. The summed E-state index contributed by atoms with van der Waals surface area (Å²) in [4.78, 5) is 0. The van der Waals surface area contributed by atoms with Crippen LogP contribution in [0.3, 0.4) is 0 Å². The van der Waals surface area contributed by atoms with Gasteiger partial charge in [0.05, 0.1) is 5.60 Å². The van der Waals surface area contributed by atoms with Crippen LogP contribution < -0.4 is 0 Å². The van der Waals surface area contributed by atoms with E-state index in [0.29, 0.717) is 18.8 Å². The molecule has 1 aliphatic rings. The molecule has 0 spiro atoms. The molecule has 1 fully saturated rings. The quantitative estimate of drug-likeness (QED) is 0.758. The molecule has 2 atom stereocenters. The summed E-state index contributed by atoms with van der Waals surface area (Å²) in [6.45, 7) is 2.01. The van der Waals surface area contributed by atoms with E-state index in [1.807, 2.05) is 6.92 Å². The summed E-state index contributed by atoms with van der Waals surface area (Å²) in [6, 6.07) is 0. The summed E-state index contributed by atoms with van der Waals surface area (Å²) >= 11 is 0. The maximum atomic E-state index is 11.9. The van der Waals surface area contributed by atoms with E-state index >= 15 is 0 Å². The van der Waals surface area contributed by atoms with Gasteiger partial charge >= 0.3 is 6.18 Å². The van der Waals surface area contributed by atoms with Crippen LogP contribution in [0.5, 0.6) is 0 Å². The summed E-state index contributed by atoms with van der Waals surface area (Å²) in [5, 5.41) is 9.86. The van der Waals surface area contributed by atoms with E-state index in [2.05, 4.69) is 0 Å². The molecule has 0 aromatic rings. The SMILES string of the molecule is CCC1CCC(O)(CCC(F)(F)F)C1. The van der Waals surface area contributed by atoms with Crippen LogP contribution >= 0.6 is 0 Å². The fraction of sp³-hybridized carbons (Fsp3) is 1.00. The van der Waals surface area contributed by atoms with Crippen molar-refractivity contribution in [3.8, 4) is 0 Å². The molecule has 0 aliphatic heterocycles. The molecule has 0 aromatic carbocycles. The summed E-state index contributed by atoms with van der Waals surface area (Å²) in [5.41, 5.74) is -1.05. The van der Waals surface area contributed by atoms with Gasteiger partial charge in [-0.05, 0) is 31.6 Å². The van der Waals surface area contributed by atoms with Gasteiger partial charge in [-0.1, -0.05) is 13.3 Å². The molecule has 14 heavy (non-hydrogen) atoms.